The smallest absolute Gasteiger partial charge is 0.242 e. The summed E-state index contributed by atoms with van der Waals surface area (Å²) in [6.45, 7) is 3.90. The van der Waals surface area contributed by atoms with Gasteiger partial charge in [0.25, 0.3) is 0 Å². The second kappa shape index (κ2) is 4.26. The maximum atomic E-state index is 10.9. The van der Waals surface area contributed by atoms with Crippen LogP contribution in [0.5, 0.6) is 0 Å². The molecule has 3 heteroatoms. The highest BCUT2D eigenvalue weighted by Crippen LogP contribution is 2.47. The molecule has 0 aliphatic heterocycles. The Bertz CT molecular complexity index is 385. The number of hydrogen-bond acceptors (Lipinski definition) is 2. The second-order valence-electron chi connectivity index (χ2n) is 4.61. The third-order valence-corrected chi connectivity index (χ3v) is 3.20. The quantitative estimate of drug-likeness (QED) is 0.626. The first-order valence-electron chi connectivity index (χ1n) is 5.61. The zero-order valence-corrected chi connectivity index (χ0v) is 9.68. The Hall–Kier alpha value is -1.35. The second-order valence-corrected chi connectivity index (χ2v) is 4.61. The Labute approximate surface area is 95.6 Å². The molecule has 1 amide bonds. The van der Waals surface area contributed by atoms with E-state index < -0.39 is 0 Å². The van der Waals surface area contributed by atoms with Crippen LogP contribution in [0.2, 0.25) is 0 Å². The third-order valence-electron chi connectivity index (χ3n) is 3.20. The standard InChI is InChI=1S/C13H17NO2/c1-9-3-5-11(6-4-9)13-7-12(13)8-14(16)10(2)15/h3-6,12-13,16H,7-8H2,1-2H3/t12-,13-/m0/s1. The minimum atomic E-state index is -0.283. The Balaban J connectivity index is 1.91. The van der Waals surface area contributed by atoms with Gasteiger partial charge in [-0.1, -0.05) is 29.8 Å². The molecule has 1 aliphatic rings. The van der Waals surface area contributed by atoms with Crippen LogP contribution in [0.25, 0.3) is 0 Å². The van der Waals surface area contributed by atoms with Crippen LogP contribution in [0.3, 0.4) is 0 Å². The SMILES string of the molecule is CC(=O)N(O)C[C@@H]1C[C@H]1c1ccc(C)cc1. The number of hydroxylamine groups is 2. The van der Waals surface area contributed by atoms with Gasteiger partial charge in [-0.05, 0) is 30.7 Å². The molecule has 1 aromatic rings. The zero-order valence-electron chi connectivity index (χ0n) is 9.68. The summed E-state index contributed by atoms with van der Waals surface area (Å²) in [6, 6.07) is 8.48. The summed E-state index contributed by atoms with van der Waals surface area (Å²) in [4.78, 5) is 10.9. The van der Waals surface area contributed by atoms with Crippen LogP contribution in [-0.4, -0.2) is 22.7 Å². The van der Waals surface area contributed by atoms with Crippen LogP contribution in [0, 0.1) is 12.8 Å². The lowest BCUT2D eigenvalue weighted by Gasteiger charge is -2.11. The summed E-state index contributed by atoms with van der Waals surface area (Å²) in [7, 11) is 0. The van der Waals surface area contributed by atoms with Crippen molar-refractivity contribution >= 4 is 5.91 Å². The zero-order chi connectivity index (χ0) is 11.7. The van der Waals surface area contributed by atoms with E-state index in [4.69, 9.17) is 0 Å². The average Bonchev–Trinajstić information content (AvgIpc) is 2.98. The van der Waals surface area contributed by atoms with Crippen molar-refractivity contribution in [1.82, 2.24) is 5.06 Å². The van der Waals surface area contributed by atoms with Crippen molar-refractivity contribution in [2.75, 3.05) is 6.54 Å². The average molecular weight is 219 g/mol. The number of carbonyl (C=O) groups excluding carboxylic acids is 1. The molecular formula is C13H17NO2. The van der Waals surface area contributed by atoms with Gasteiger partial charge in [0.15, 0.2) is 0 Å². The van der Waals surface area contributed by atoms with E-state index in [0.29, 0.717) is 18.4 Å². The van der Waals surface area contributed by atoms with E-state index in [1.54, 1.807) is 0 Å². The Morgan fingerprint density at radius 2 is 2.06 bits per heavy atom. The van der Waals surface area contributed by atoms with E-state index in [-0.39, 0.29) is 5.91 Å². The van der Waals surface area contributed by atoms with Gasteiger partial charge in [0.1, 0.15) is 0 Å². The lowest BCUT2D eigenvalue weighted by molar-refractivity contribution is -0.163. The number of amides is 1. The van der Waals surface area contributed by atoms with E-state index in [9.17, 15) is 10.0 Å². The number of carbonyl (C=O) groups is 1. The van der Waals surface area contributed by atoms with E-state index in [2.05, 4.69) is 31.2 Å². The van der Waals surface area contributed by atoms with Gasteiger partial charge in [0, 0.05) is 6.92 Å². The lowest BCUT2D eigenvalue weighted by atomic mass is 10.1. The van der Waals surface area contributed by atoms with Gasteiger partial charge < -0.3 is 0 Å². The van der Waals surface area contributed by atoms with Gasteiger partial charge in [0.2, 0.25) is 5.91 Å². The van der Waals surface area contributed by atoms with Crippen molar-refractivity contribution in [1.29, 1.82) is 0 Å². The predicted molar refractivity (Wildman–Crippen MR) is 61.2 cm³/mol. The van der Waals surface area contributed by atoms with Gasteiger partial charge in [-0.15, -0.1) is 0 Å². The summed E-state index contributed by atoms with van der Waals surface area (Å²) in [5.41, 5.74) is 2.57. The van der Waals surface area contributed by atoms with Crippen LogP contribution in [-0.2, 0) is 4.79 Å². The van der Waals surface area contributed by atoms with E-state index >= 15 is 0 Å². The molecule has 1 fully saturated rings. The normalized spacial score (nSPS) is 22.9. The molecule has 0 bridgehead atoms. The van der Waals surface area contributed by atoms with Gasteiger partial charge >= 0.3 is 0 Å². The minimum absolute atomic E-state index is 0.283. The Morgan fingerprint density at radius 3 is 2.62 bits per heavy atom. The predicted octanol–water partition coefficient (Wildman–Crippen LogP) is 2.34. The highest BCUT2D eigenvalue weighted by molar-refractivity contribution is 5.71. The molecule has 0 spiro atoms. The fraction of sp³-hybridized carbons (Fsp3) is 0.462. The van der Waals surface area contributed by atoms with Gasteiger partial charge in [-0.2, -0.15) is 0 Å². The first-order chi connectivity index (χ1) is 7.58. The number of hydrogen-bond donors (Lipinski definition) is 1. The molecule has 0 heterocycles. The summed E-state index contributed by atoms with van der Waals surface area (Å²) < 4.78 is 0. The fourth-order valence-corrected chi connectivity index (χ4v) is 2.02. The summed E-state index contributed by atoms with van der Waals surface area (Å²) in [5.74, 6) is 0.640. The molecule has 0 aromatic heterocycles. The Morgan fingerprint density at radius 1 is 1.44 bits per heavy atom. The monoisotopic (exact) mass is 219 g/mol. The van der Waals surface area contributed by atoms with Crippen molar-refractivity contribution < 1.29 is 10.0 Å². The fourth-order valence-electron chi connectivity index (χ4n) is 2.02. The molecular weight excluding hydrogens is 202 g/mol. The van der Waals surface area contributed by atoms with Crippen molar-refractivity contribution in [3.05, 3.63) is 35.4 Å². The van der Waals surface area contributed by atoms with Crippen molar-refractivity contribution in [3.8, 4) is 0 Å². The number of nitrogens with zero attached hydrogens (tertiary/aromatic N) is 1. The first-order valence-corrected chi connectivity index (χ1v) is 5.61. The topological polar surface area (TPSA) is 40.5 Å². The molecule has 1 saturated carbocycles. The summed E-state index contributed by atoms with van der Waals surface area (Å²) in [6.07, 6.45) is 1.06. The molecule has 0 radical (unpaired) electrons. The van der Waals surface area contributed by atoms with Crippen LogP contribution in [0.4, 0.5) is 0 Å². The first kappa shape index (κ1) is 11.1. The highest BCUT2D eigenvalue weighted by atomic mass is 16.5. The molecule has 0 unspecified atom stereocenters. The largest absolute Gasteiger partial charge is 0.286 e. The maximum Gasteiger partial charge on any atom is 0.242 e. The van der Waals surface area contributed by atoms with Crippen LogP contribution >= 0.6 is 0 Å². The van der Waals surface area contributed by atoms with Crippen molar-refractivity contribution in [2.45, 2.75) is 26.2 Å². The highest BCUT2D eigenvalue weighted by Gasteiger charge is 2.39. The number of rotatable bonds is 3. The van der Waals surface area contributed by atoms with Crippen LogP contribution < -0.4 is 0 Å². The van der Waals surface area contributed by atoms with Crippen LogP contribution in [0.15, 0.2) is 24.3 Å². The molecule has 1 N–H and O–H groups in total. The molecule has 16 heavy (non-hydrogen) atoms. The molecule has 2 rings (SSSR count). The third kappa shape index (κ3) is 2.42. The summed E-state index contributed by atoms with van der Waals surface area (Å²) >= 11 is 0. The molecule has 3 nitrogen and oxygen atoms in total. The molecule has 86 valence electrons. The summed E-state index contributed by atoms with van der Waals surface area (Å²) in [5, 5.41) is 10.1. The maximum absolute atomic E-state index is 10.9. The Kier molecular flexibility index (Phi) is 2.97. The van der Waals surface area contributed by atoms with E-state index in [0.717, 1.165) is 11.5 Å². The number of aryl methyl sites for hydroxylation is 1. The molecule has 1 aliphatic carbocycles. The van der Waals surface area contributed by atoms with E-state index in [1.807, 2.05) is 0 Å². The van der Waals surface area contributed by atoms with Gasteiger partial charge in [-0.3, -0.25) is 10.0 Å². The lowest BCUT2D eigenvalue weighted by Crippen LogP contribution is -2.27. The van der Waals surface area contributed by atoms with Gasteiger partial charge in [-0.25, -0.2) is 5.06 Å². The molecule has 1 aromatic carbocycles. The molecule has 2 atom stereocenters. The van der Waals surface area contributed by atoms with Crippen LogP contribution in [0.1, 0.15) is 30.4 Å². The van der Waals surface area contributed by atoms with Gasteiger partial charge in [0.05, 0.1) is 6.54 Å². The van der Waals surface area contributed by atoms with Crippen molar-refractivity contribution in [3.63, 3.8) is 0 Å². The van der Waals surface area contributed by atoms with E-state index in [1.165, 1.54) is 18.1 Å². The minimum Gasteiger partial charge on any atom is -0.286 e. The number of benzene rings is 1. The van der Waals surface area contributed by atoms with Crippen molar-refractivity contribution in [2.24, 2.45) is 5.92 Å². The molecule has 0 saturated heterocycles.